The molecule has 0 aromatic heterocycles. The molecule has 0 heterocycles. The minimum absolute atomic E-state index is 0.538. The van der Waals surface area contributed by atoms with Crippen LogP contribution in [-0.4, -0.2) is 7.11 Å². The van der Waals surface area contributed by atoms with Gasteiger partial charge < -0.3 is 9.47 Å². The van der Waals surface area contributed by atoms with Crippen LogP contribution in [0.4, 0.5) is 0 Å². The Morgan fingerprint density at radius 3 is 2.68 bits per heavy atom. The molecule has 0 aliphatic carbocycles. The van der Waals surface area contributed by atoms with E-state index in [0.717, 1.165) is 11.1 Å². The summed E-state index contributed by atoms with van der Waals surface area (Å²) >= 11 is 0. The van der Waals surface area contributed by atoms with Crippen LogP contribution in [0.25, 0.3) is 0 Å². The minimum atomic E-state index is 0.538. The number of para-hydroxylation sites is 1. The summed E-state index contributed by atoms with van der Waals surface area (Å²) < 4.78 is 10.9. The SMILES string of the molecule is COCc1cccc(Oc2c(C)cccc2C#N)c1. The van der Waals surface area contributed by atoms with E-state index in [0.29, 0.717) is 23.7 Å². The lowest BCUT2D eigenvalue weighted by Gasteiger charge is -2.11. The Morgan fingerprint density at radius 2 is 1.95 bits per heavy atom. The molecule has 0 saturated carbocycles. The van der Waals surface area contributed by atoms with Crippen molar-refractivity contribution in [1.82, 2.24) is 0 Å². The Hall–Kier alpha value is -2.31. The third-order valence-corrected chi connectivity index (χ3v) is 2.76. The quantitative estimate of drug-likeness (QED) is 0.832. The summed E-state index contributed by atoms with van der Waals surface area (Å²) in [6, 6.07) is 15.3. The maximum Gasteiger partial charge on any atom is 0.148 e. The number of hydrogen-bond donors (Lipinski definition) is 0. The van der Waals surface area contributed by atoms with Gasteiger partial charge in [-0.2, -0.15) is 5.26 Å². The molecule has 0 amide bonds. The first-order valence-corrected chi connectivity index (χ1v) is 6.00. The van der Waals surface area contributed by atoms with Gasteiger partial charge in [0.2, 0.25) is 0 Å². The lowest BCUT2D eigenvalue weighted by atomic mass is 10.1. The summed E-state index contributed by atoms with van der Waals surface area (Å²) in [5.74, 6) is 1.32. The first-order valence-electron chi connectivity index (χ1n) is 6.00. The molecule has 3 nitrogen and oxygen atoms in total. The van der Waals surface area contributed by atoms with Gasteiger partial charge in [-0.05, 0) is 36.2 Å². The van der Waals surface area contributed by atoms with Crippen molar-refractivity contribution in [1.29, 1.82) is 5.26 Å². The molecular formula is C16H15NO2. The van der Waals surface area contributed by atoms with Crippen molar-refractivity contribution in [2.24, 2.45) is 0 Å². The lowest BCUT2D eigenvalue weighted by molar-refractivity contribution is 0.184. The molecule has 0 atom stereocenters. The molecule has 2 rings (SSSR count). The molecular weight excluding hydrogens is 238 g/mol. The molecule has 0 aliphatic rings. The van der Waals surface area contributed by atoms with Crippen molar-refractivity contribution in [3.63, 3.8) is 0 Å². The highest BCUT2D eigenvalue weighted by atomic mass is 16.5. The van der Waals surface area contributed by atoms with E-state index in [1.165, 1.54) is 0 Å². The fourth-order valence-corrected chi connectivity index (χ4v) is 1.86. The second kappa shape index (κ2) is 6.03. The number of aryl methyl sites for hydroxylation is 1. The maximum absolute atomic E-state index is 9.11. The zero-order chi connectivity index (χ0) is 13.7. The van der Waals surface area contributed by atoms with Gasteiger partial charge in [0.15, 0.2) is 0 Å². The van der Waals surface area contributed by atoms with Gasteiger partial charge in [0.1, 0.15) is 17.6 Å². The summed E-state index contributed by atoms with van der Waals surface area (Å²) in [6.45, 7) is 2.46. The minimum Gasteiger partial charge on any atom is -0.456 e. The number of nitrogens with zero attached hydrogens (tertiary/aromatic N) is 1. The van der Waals surface area contributed by atoms with Gasteiger partial charge in [0.05, 0.1) is 12.2 Å². The number of rotatable bonds is 4. The van der Waals surface area contributed by atoms with Gasteiger partial charge in [0, 0.05) is 7.11 Å². The van der Waals surface area contributed by atoms with Crippen LogP contribution in [-0.2, 0) is 11.3 Å². The Kier molecular flexibility index (Phi) is 4.17. The zero-order valence-electron chi connectivity index (χ0n) is 11.0. The molecule has 0 radical (unpaired) electrons. The topological polar surface area (TPSA) is 42.2 Å². The molecule has 0 unspecified atom stereocenters. The third kappa shape index (κ3) is 3.12. The van der Waals surface area contributed by atoms with Gasteiger partial charge in [-0.25, -0.2) is 0 Å². The van der Waals surface area contributed by atoms with E-state index in [9.17, 15) is 0 Å². The number of ether oxygens (including phenoxy) is 2. The van der Waals surface area contributed by atoms with E-state index in [4.69, 9.17) is 14.7 Å². The average Bonchev–Trinajstić information content (AvgIpc) is 2.42. The highest BCUT2D eigenvalue weighted by Gasteiger charge is 2.08. The Labute approximate surface area is 113 Å². The largest absolute Gasteiger partial charge is 0.456 e. The van der Waals surface area contributed by atoms with Crippen LogP contribution in [0.5, 0.6) is 11.5 Å². The second-order valence-corrected chi connectivity index (χ2v) is 4.25. The second-order valence-electron chi connectivity index (χ2n) is 4.25. The fourth-order valence-electron chi connectivity index (χ4n) is 1.86. The van der Waals surface area contributed by atoms with Crippen LogP contribution >= 0.6 is 0 Å². The predicted octanol–water partition coefficient (Wildman–Crippen LogP) is 3.81. The van der Waals surface area contributed by atoms with Crippen LogP contribution < -0.4 is 4.74 Å². The Bertz CT molecular complexity index is 614. The predicted molar refractivity (Wildman–Crippen MR) is 73.1 cm³/mol. The monoisotopic (exact) mass is 253 g/mol. The van der Waals surface area contributed by atoms with Gasteiger partial charge in [-0.15, -0.1) is 0 Å². The molecule has 0 fully saturated rings. The number of hydrogen-bond acceptors (Lipinski definition) is 3. The number of nitriles is 1. The maximum atomic E-state index is 9.11. The van der Waals surface area contributed by atoms with Crippen LogP contribution in [0.3, 0.4) is 0 Å². The number of benzene rings is 2. The molecule has 2 aromatic carbocycles. The van der Waals surface area contributed by atoms with E-state index in [-0.39, 0.29) is 0 Å². The van der Waals surface area contributed by atoms with Crippen molar-refractivity contribution < 1.29 is 9.47 Å². The van der Waals surface area contributed by atoms with Crippen molar-refractivity contribution in [2.75, 3.05) is 7.11 Å². The molecule has 0 N–H and O–H groups in total. The Morgan fingerprint density at radius 1 is 1.16 bits per heavy atom. The molecule has 0 spiro atoms. The van der Waals surface area contributed by atoms with Crippen LogP contribution in [0.15, 0.2) is 42.5 Å². The summed E-state index contributed by atoms with van der Waals surface area (Å²) in [6.07, 6.45) is 0. The smallest absolute Gasteiger partial charge is 0.148 e. The van der Waals surface area contributed by atoms with Gasteiger partial charge in [0.25, 0.3) is 0 Å². The molecule has 0 bridgehead atoms. The first-order chi connectivity index (χ1) is 9.24. The van der Waals surface area contributed by atoms with Crippen LogP contribution in [0.2, 0.25) is 0 Å². The van der Waals surface area contributed by atoms with Crippen molar-refractivity contribution in [3.05, 3.63) is 59.2 Å². The van der Waals surface area contributed by atoms with Crippen molar-refractivity contribution in [2.45, 2.75) is 13.5 Å². The molecule has 19 heavy (non-hydrogen) atoms. The van der Waals surface area contributed by atoms with Gasteiger partial charge in [-0.3, -0.25) is 0 Å². The van der Waals surface area contributed by atoms with Crippen molar-refractivity contribution >= 4 is 0 Å². The van der Waals surface area contributed by atoms with Gasteiger partial charge in [-0.1, -0.05) is 24.3 Å². The van der Waals surface area contributed by atoms with E-state index in [2.05, 4.69) is 6.07 Å². The summed E-state index contributed by atoms with van der Waals surface area (Å²) in [7, 11) is 1.66. The number of methoxy groups -OCH3 is 1. The molecule has 2 aromatic rings. The Balaban J connectivity index is 2.31. The summed E-state index contributed by atoms with van der Waals surface area (Å²) in [5.41, 5.74) is 2.51. The summed E-state index contributed by atoms with van der Waals surface area (Å²) in [4.78, 5) is 0. The third-order valence-electron chi connectivity index (χ3n) is 2.76. The normalized spacial score (nSPS) is 9.95. The van der Waals surface area contributed by atoms with E-state index in [1.807, 2.05) is 43.3 Å². The van der Waals surface area contributed by atoms with Crippen LogP contribution in [0.1, 0.15) is 16.7 Å². The zero-order valence-corrected chi connectivity index (χ0v) is 11.0. The molecule has 3 heteroatoms. The lowest BCUT2D eigenvalue weighted by Crippen LogP contribution is -1.93. The van der Waals surface area contributed by atoms with Crippen molar-refractivity contribution in [3.8, 4) is 17.6 Å². The first kappa shape index (κ1) is 13.1. The molecule has 0 aliphatic heterocycles. The fraction of sp³-hybridized carbons (Fsp3) is 0.188. The molecule has 96 valence electrons. The highest BCUT2D eigenvalue weighted by Crippen LogP contribution is 2.29. The molecule has 0 saturated heterocycles. The van der Waals surface area contributed by atoms with Gasteiger partial charge >= 0.3 is 0 Å². The van der Waals surface area contributed by atoms with E-state index < -0.39 is 0 Å². The van der Waals surface area contributed by atoms with Crippen LogP contribution in [0, 0.1) is 18.3 Å². The average molecular weight is 253 g/mol. The standard InChI is InChI=1S/C16H15NO2/c1-12-5-3-7-14(10-17)16(12)19-15-8-4-6-13(9-15)11-18-2/h3-9H,11H2,1-2H3. The summed E-state index contributed by atoms with van der Waals surface area (Å²) in [5, 5.41) is 9.11. The van der Waals surface area contributed by atoms with E-state index in [1.54, 1.807) is 13.2 Å². The van der Waals surface area contributed by atoms with E-state index >= 15 is 0 Å². The highest BCUT2D eigenvalue weighted by molar-refractivity contribution is 5.50.